The summed E-state index contributed by atoms with van der Waals surface area (Å²) < 4.78 is 0. The Balaban J connectivity index is 4.29. The molecular weight excluding hydrogens is 235 g/mol. The number of hydrogen-bond acceptors (Lipinski definition) is 0. The molecule has 14 heavy (non-hydrogen) atoms. The first-order valence-electron chi connectivity index (χ1n) is 5.02. The quantitative estimate of drug-likeness (QED) is 0.524. The predicted octanol–water partition coefficient (Wildman–Crippen LogP) is 3.04. The molecule has 0 radical (unpaired) electrons. The molecule has 2 N–H and O–H groups in total. The molecule has 0 saturated carbocycles. The van der Waals surface area contributed by atoms with Gasteiger partial charge in [0.25, 0.3) is 0 Å². The first-order valence-corrected chi connectivity index (χ1v) is 9.93. The van der Waals surface area contributed by atoms with Crippen LogP contribution in [0.1, 0.15) is 40.5 Å². The fourth-order valence-corrected chi connectivity index (χ4v) is 8.28. The second kappa shape index (κ2) is 6.59. The Morgan fingerprint density at radius 1 is 1.21 bits per heavy atom. The molecule has 0 aromatic carbocycles. The summed E-state index contributed by atoms with van der Waals surface area (Å²) in [6.07, 6.45) is 2.23. The molecule has 1 unspecified atom stereocenters. The van der Waals surface area contributed by atoms with Gasteiger partial charge in [0.1, 0.15) is 0 Å². The van der Waals surface area contributed by atoms with Crippen LogP contribution >= 0.6 is 17.9 Å². The first-order chi connectivity index (χ1) is 6.25. The number of thiol groups is 1. The van der Waals surface area contributed by atoms with Gasteiger partial charge in [0.2, 0.25) is 0 Å². The van der Waals surface area contributed by atoms with E-state index in [1.807, 2.05) is 13.8 Å². The normalized spacial score (nSPS) is 15.2. The van der Waals surface area contributed by atoms with Gasteiger partial charge in [-0.25, -0.2) is 0 Å². The van der Waals surface area contributed by atoms with E-state index in [9.17, 15) is 9.79 Å². The molecule has 0 fully saturated rings. The lowest BCUT2D eigenvalue weighted by Gasteiger charge is -2.19. The number of hydrogen-bond donors (Lipinski definition) is 3. The zero-order valence-corrected chi connectivity index (χ0v) is 12.1. The van der Waals surface area contributed by atoms with E-state index in [0.29, 0.717) is 11.2 Å². The maximum absolute atomic E-state index is 9.56. The van der Waals surface area contributed by atoms with Crippen molar-refractivity contribution in [3.8, 4) is 0 Å². The van der Waals surface area contributed by atoms with E-state index in [4.69, 9.17) is 0 Å². The maximum atomic E-state index is 9.56. The van der Waals surface area contributed by atoms with Crippen LogP contribution in [0.2, 0.25) is 0 Å². The fraction of sp³-hybridized carbons (Fsp3) is 1.00. The summed E-state index contributed by atoms with van der Waals surface area (Å²) in [7, 11) is -0.324. The molecule has 0 aromatic heterocycles. The topological polar surface area (TPSA) is 40.5 Å². The van der Waals surface area contributed by atoms with Crippen molar-refractivity contribution < 1.29 is 9.79 Å². The molecule has 0 bridgehead atoms. The molecule has 2 nitrogen and oxygen atoms in total. The van der Waals surface area contributed by atoms with Crippen molar-refractivity contribution in [2.24, 2.45) is 5.92 Å². The van der Waals surface area contributed by atoms with Crippen LogP contribution in [0.3, 0.4) is 0 Å². The highest BCUT2D eigenvalue weighted by molar-refractivity contribution is 8.65. The third-order valence-corrected chi connectivity index (χ3v) is 10.0. The first kappa shape index (κ1) is 15.0. The van der Waals surface area contributed by atoms with Gasteiger partial charge in [0.15, 0.2) is 5.69 Å². The monoisotopic (exact) mass is 258 g/mol. The van der Waals surface area contributed by atoms with Crippen LogP contribution in [0, 0.1) is 5.92 Å². The standard InChI is InChI=1S/C9H23O2PS2/c1-8(2)6-5-7-14(9(3)4)12(10,11)13/h8-11,13H,5-7H2,1-4H3. The minimum absolute atomic E-state index is 0.322. The molecule has 0 rings (SSSR count). The van der Waals surface area contributed by atoms with E-state index >= 15 is 0 Å². The highest BCUT2D eigenvalue weighted by Crippen LogP contribution is 2.48. The Bertz CT molecular complexity index is 213. The van der Waals surface area contributed by atoms with E-state index in [1.54, 1.807) is 0 Å². The molecule has 0 spiro atoms. The third-order valence-electron chi connectivity index (χ3n) is 1.99. The van der Waals surface area contributed by atoms with Crippen LogP contribution in [-0.4, -0.2) is 20.8 Å². The second-order valence-electron chi connectivity index (χ2n) is 4.20. The molecule has 0 amide bonds. The molecule has 0 aromatic rings. The largest absolute Gasteiger partial charge is 0.341 e. The van der Waals surface area contributed by atoms with Gasteiger partial charge < -0.3 is 9.79 Å². The van der Waals surface area contributed by atoms with Gasteiger partial charge in [-0.1, -0.05) is 46.4 Å². The Kier molecular flexibility index (Phi) is 7.09. The average molecular weight is 258 g/mol. The van der Waals surface area contributed by atoms with Crippen molar-refractivity contribution in [1.82, 2.24) is 0 Å². The summed E-state index contributed by atoms with van der Waals surface area (Å²) in [6.45, 7) is 8.45. The van der Waals surface area contributed by atoms with E-state index in [1.165, 1.54) is 0 Å². The maximum Gasteiger partial charge on any atom is 0.199 e. The fourth-order valence-electron chi connectivity index (χ4n) is 1.28. The van der Waals surface area contributed by atoms with Crippen LogP contribution in [0.15, 0.2) is 0 Å². The molecule has 0 saturated heterocycles. The van der Waals surface area contributed by atoms with Gasteiger partial charge in [-0.15, -0.1) is 10.1 Å². The lowest BCUT2D eigenvalue weighted by Crippen LogP contribution is -2.11. The van der Waals surface area contributed by atoms with Crippen LogP contribution in [0.25, 0.3) is 0 Å². The highest BCUT2D eigenvalue weighted by atomic mass is 32.9. The van der Waals surface area contributed by atoms with E-state index in [-0.39, 0.29) is 10.1 Å². The van der Waals surface area contributed by atoms with Crippen LogP contribution in [0.5, 0.6) is 0 Å². The molecule has 1 atom stereocenters. The lowest BCUT2D eigenvalue weighted by atomic mass is 10.1. The SMILES string of the molecule is CC(C)CCCS(C(C)C)=P(O)(O)S. The van der Waals surface area contributed by atoms with Gasteiger partial charge in [0.05, 0.1) is 0 Å². The van der Waals surface area contributed by atoms with Crippen molar-refractivity contribution in [2.45, 2.75) is 45.8 Å². The summed E-state index contributed by atoms with van der Waals surface area (Å²) in [5, 5.41) is 0.322. The van der Waals surface area contributed by atoms with Gasteiger partial charge in [-0.05, 0) is 23.3 Å². The third kappa shape index (κ3) is 6.52. The van der Waals surface area contributed by atoms with Crippen molar-refractivity contribution in [3.63, 3.8) is 0 Å². The summed E-state index contributed by atoms with van der Waals surface area (Å²) in [4.78, 5) is 19.1. The Labute approximate surface area is 95.4 Å². The zero-order chi connectivity index (χ0) is 11.4. The summed E-state index contributed by atoms with van der Waals surface area (Å²) in [6, 6.07) is 0. The second-order valence-corrected chi connectivity index (χ2v) is 12.8. The molecule has 0 aliphatic carbocycles. The molecule has 0 aliphatic rings. The minimum Gasteiger partial charge on any atom is -0.341 e. The van der Waals surface area contributed by atoms with Gasteiger partial charge in [0, 0.05) is 0 Å². The van der Waals surface area contributed by atoms with Crippen molar-refractivity contribution >= 4 is 28.0 Å². The predicted molar refractivity (Wildman–Crippen MR) is 71.8 cm³/mol. The van der Waals surface area contributed by atoms with Gasteiger partial charge in [-0.2, -0.15) is 0 Å². The minimum atomic E-state index is -2.92. The zero-order valence-electron chi connectivity index (χ0n) is 9.47. The van der Waals surface area contributed by atoms with E-state index in [0.717, 1.165) is 18.6 Å². The Hall–Kier alpha value is 1.05. The van der Waals surface area contributed by atoms with Crippen molar-refractivity contribution in [1.29, 1.82) is 0 Å². The molecule has 0 aliphatic heterocycles. The molecule has 5 heteroatoms. The van der Waals surface area contributed by atoms with Crippen LogP contribution in [-0.2, 0) is 10.1 Å². The lowest BCUT2D eigenvalue weighted by molar-refractivity contribution is 0.501. The average Bonchev–Trinajstić information content (AvgIpc) is 1.94. The Morgan fingerprint density at radius 3 is 2.00 bits per heavy atom. The molecular formula is C9H23O2PS2. The van der Waals surface area contributed by atoms with Crippen LogP contribution < -0.4 is 0 Å². The summed E-state index contributed by atoms with van der Waals surface area (Å²) in [5.74, 6) is 1.60. The Morgan fingerprint density at radius 2 is 1.71 bits per heavy atom. The van der Waals surface area contributed by atoms with Crippen molar-refractivity contribution in [2.75, 3.05) is 5.75 Å². The van der Waals surface area contributed by atoms with E-state index in [2.05, 4.69) is 26.1 Å². The number of rotatable bonds is 5. The van der Waals surface area contributed by atoms with Crippen molar-refractivity contribution in [3.05, 3.63) is 0 Å². The smallest absolute Gasteiger partial charge is 0.199 e. The van der Waals surface area contributed by atoms with Crippen LogP contribution in [0.4, 0.5) is 0 Å². The summed E-state index contributed by atoms with van der Waals surface area (Å²) in [5.41, 5.74) is -2.92. The molecule has 88 valence electrons. The van der Waals surface area contributed by atoms with Gasteiger partial charge in [-0.3, -0.25) is 0 Å². The van der Waals surface area contributed by atoms with E-state index < -0.39 is 5.69 Å². The molecule has 0 heterocycles. The highest BCUT2D eigenvalue weighted by Gasteiger charge is 2.14. The summed E-state index contributed by atoms with van der Waals surface area (Å²) >= 11 is 3.95. The van der Waals surface area contributed by atoms with Gasteiger partial charge >= 0.3 is 0 Å².